The summed E-state index contributed by atoms with van der Waals surface area (Å²) in [4.78, 5) is 2.11. The average molecular weight is 273 g/mol. The van der Waals surface area contributed by atoms with E-state index in [1.54, 1.807) is 0 Å². The number of hydrogen-bond acceptors (Lipinski definition) is 4. The third-order valence-electron chi connectivity index (χ3n) is 3.07. The van der Waals surface area contributed by atoms with E-state index in [0.717, 1.165) is 6.07 Å². The number of sulfonamides is 1. The largest absolute Gasteiger partial charge is 0.396 e. The molecule has 0 amide bonds. The number of nitrogens with zero attached hydrogens (tertiary/aromatic N) is 2. The predicted octanol–water partition coefficient (Wildman–Crippen LogP) is 0.344. The molecule has 1 heterocycles. The Balaban J connectivity index is 2.27. The molecule has 2 rings (SSSR count). The van der Waals surface area contributed by atoms with E-state index in [2.05, 4.69) is 4.90 Å². The van der Waals surface area contributed by atoms with Gasteiger partial charge in [-0.2, -0.15) is 4.31 Å². The van der Waals surface area contributed by atoms with Gasteiger partial charge in [0.25, 0.3) is 0 Å². The van der Waals surface area contributed by atoms with Crippen molar-refractivity contribution in [2.45, 2.75) is 4.90 Å². The minimum Gasteiger partial charge on any atom is -0.396 e. The lowest BCUT2D eigenvalue weighted by atomic mass is 10.3. The molecule has 0 aromatic heterocycles. The second kappa shape index (κ2) is 4.83. The molecular weight excluding hydrogens is 257 g/mol. The summed E-state index contributed by atoms with van der Waals surface area (Å²) in [6, 6.07) is 3.50. The Morgan fingerprint density at radius 1 is 1.22 bits per heavy atom. The Labute approximate surface area is 106 Å². The van der Waals surface area contributed by atoms with Gasteiger partial charge in [-0.1, -0.05) is 0 Å². The zero-order valence-corrected chi connectivity index (χ0v) is 11.0. The van der Waals surface area contributed by atoms with Crippen molar-refractivity contribution in [1.82, 2.24) is 9.21 Å². The Bertz CT molecular complexity index is 539. The van der Waals surface area contributed by atoms with Gasteiger partial charge in [0.15, 0.2) is 0 Å². The molecule has 2 N–H and O–H groups in total. The zero-order valence-electron chi connectivity index (χ0n) is 10.1. The second-order valence-corrected chi connectivity index (χ2v) is 6.33. The molecule has 1 aliphatic heterocycles. The van der Waals surface area contributed by atoms with Crippen molar-refractivity contribution in [3.8, 4) is 0 Å². The van der Waals surface area contributed by atoms with Crippen molar-refractivity contribution >= 4 is 15.7 Å². The number of nitrogens with two attached hydrogens (primary N) is 1. The molecule has 0 aliphatic carbocycles. The Kier molecular flexibility index (Phi) is 3.56. The molecule has 0 unspecified atom stereocenters. The van der Waals surface area contributed by atoms with Crippen LogP contribution in [-0.2, 0) is 10.0 Å². The minimum atomic E-state index is -3.56. The van der Waals surface area contributed by atoms with Crippen molar-refractivity contribution in [2.24, 2.45) is 0 Å². The highest BCUT2D eigenvalue weighted by atomic mass is 32.2. The monoisotopic (exact) mass is 273 g/mol. The summed E-state index contributed by atoms with van der Waals surface area (Å²) in [6.07, 6.45) is 0. The highest BCUT2D eigenvalue weighted by Crippen LogP contribution is 2.21. The third kappa shape index (κ3) is 2.47. The molecule has 1 aliphatic rings. The molecule has 1 aromatic rings. The molecule has 1 aromatic carbocycles. The molecule has 0 bridgehead atoms. The van der Waals surface area contributed by atoms with Gasteiger partial charge < -0.3 is 10.6 Å². The summed E-state index contributed by atoms with van der Waals surface area (Å²) in [6.45, 7) is 2.26. The first-order chi connectivity index (χ1) is 8.41. The molecule has 0 spiro atoms. The molecular formula is C11H16FN3O2S. The number of nitrogen functional groups attached to an aromatic ring is 1. The summed E-state index contributed by atoms with van der Waals surface area (Å²) in [7, 11) is -1.62. The van der Waals surface area contributed by atoms with Crippen LogP contribution >= 0.6 is 0 Å². The topological polar surface area (TPSA) is 66.6 Å². The van der Waals surface area contributed by atoms with Gasteiger partial charge in [-0.15, -0.1) is 0 Å². The van der Waals surface area contributed by atoms with Crippen LogP contribution in [0, 0.1) is 5.82 Å². The van der Waals surface area contributed by atoms with E-state index in [4.69, 9.17) is 5.73 Å². The van der Waals surface area contributed by atoms with Gasteiger partial charge in [0, 0.05) is 26.2 Å². The smallest absolute Gasteiger partial charge is 0.243 e. The zero-order chi connectivity index (χ0) is 13.3. The minimum absolute atomic E-state index is 0.0472. The number of hydrogen-bond donors (Lipinski definition) is 1. The van der Waals surface area contributed by atoms with Crippen LogP contribution in [0.4, 0.5) is 10.1 Å². The summed E-state index contributed by atoms with van der Waals surface area (Å²) < 4.78 is 39.0. The Morgan fingerprint density at radius 3 is 2.39 bits per heavy atom. The van der Waals surface area contributed by atoms with Crippen LogP contribution in [0.2, 0.25) is 0 Å². The number of likely N-dealkylation sites (N-methyl/N-ethyl adjacent to an activating group) is 1. The van der Waals surface area contributed by atoms with Crippen LogP contribution in [0.3, 0.4) is 0 Å². The van der Waals surface area contributed by atoms with Crippen molar-refractivity contribution in [3.63, 3.8) is 0 Å². The molecule has 0 radical (unpaired) electrons. The first-order valence-corrected chi connectivity index (χ1v) is 7.09. The maximum absolute atomic E-state index is 13.0. The van der Waals surface area contributed by atoms with E-state index in [1.165, 1.54) is 16.4 Å². The molecule has 18 heavy (non-hydrogen) atoms. The predicted molar refractivity (Wildman–Crippen MR) is 67.1 cm³/mol. The van der Waals surface area contributed by atoms with E-state index in [-0.39, 0.29) is 10.6 Å². The lowest BCUT2D eigenvalue weighted by molar-refractivity contribution is 0.222. The Morgan fingerprint density at radius 2 is 1.83 bits per heavy atom. The molecule has 1 fully saturated rings. The van der Waals surface area contributed by atoms with Gasteiger partial charge in [0.1, 0.15) is 5.82 Å². The molecule has 0 saturated carbocycles. The SMILES string of the molecule is CN1CCN(S(=O)(=O)c2ccc(F)c(N)c2)CC1. The van der Waals surface area contributed by atoms with Crippen molar-refractivity contribution < 1.29 is 12.8 Å². The summed E-state index contributed by atoms with van der Waals surface area (Å²) in [5.74, 6) is -0.604. The van der Waals surface area contributed by atoms with Crippen LogP contribution in [0.25, 0.3) is 0 Å². The van der Waals surface area contributed by atoms with Crippen LogP contribution in [-0.4, -0.2) is 50.8 Å². The fourth-order valence-electron chi connectivity index (χ4n) is 1.86. The normalized spacial score (nSPS) is 19.0. The lowest BCUT2D eigenvalue weighted by Gasteiger charge is -2.31. The Hall–Kier alpha value is -1.18. The molecule has 1 saturated heterocycles. The van der Waals surface area contributed by atoms with Gasteiger partial charge in [-0.25, -0.2) is 12.8 Å². The quantitative estimate of drug-likeness (QED) is 0.789. The molecule has 7 heteroatoms. The first kappa shape index (κ1) is 13.3. The third-order valence-corrected chi connectivity index (χ3v) is 4.96. The number of piperazine rings is 1. The summed E-state index contributed by atoms with van der Waals surface area (Å²) in [5.41, 5.74) is 5.25. The number of benzene rings is 1. The van der Waals surface area contributed by atoms with Gasteiger partial charge in [-0.3, -0.25) is 0 Å². The lowest BCUT2D eigenvalue weighted by Crippen LogP contribution is -2.47. The number of anilines is 1. The van der Waals surface area contributed by atoms with E-state index < -0.39 is 15.8 Å². The molecule has 100 valence electrons. The van der Waals surface area contributed by atoms with Crippen molar-refractivity contribution in [3.05, 3.63) is 24.0 Å². The van der Waals surface area contributed by atoms with Gasteiger partial charge >= 0.3 is 0 Å². The highest BCUT2D eigenvalue weighted by molar-refractivity contribution is 7.89. The van der Waals surface area contributed by atoms with E-state index in [0.29, 0.717) is 26.2 Å². The van der Waals surface area contributed by atoms with Gasteiger partial charge in [-0.05, 0) is 25.2 Å². The number of halogens is 1. The fraction of sp³-hybridized carbons (Fsp3) is 0.455. The van der Waals surface area contributed by atoms with E-state index in [9.17, 15) is 12.8 Å². The first-order valence-electron chi connectivity index (χ1n) is 5.65. The van der Waals surface area contributed by atoms with E-state index in [1.807, 2.05) is 7.05 Å². The van der Waals surface area contributed by atoms with E-state index >= 15 is 0 Å². The van der Waals surface area contributed by atoms with Crippen LogP contribution in [0.5, 0.6) is 0 Å². The van der Waals surface area contributed by atoms with Gasteiger partial charge in [0.05, 0.1) is 10.6 Å². The standard InChI is InChI=1S/C11H16FN3O2S/c1-14-4-6-15(7-5-14)18(16,17)9-2-3-10(12)11(13)8-9/h2-3,8H,4-7,13H2,1H3. The fourth-order valence-corrected chi connectivity index (χ4v) is 3.32. The highest BCUT2D eigenvalue weighted by Gasteiger charge is 2.27. The average Bonchev–Trinajstić information content (AvgIpc) is 2.33. The maximum Gasteiger partial charge on any atom is 0.243 e. The maximum atomic E-state index is 13.0. The number of rotatable bonds is 2. The van der Waals surface area contributed by atoms with Crippen molar-refractivity contribution in [1.29, 1.82) is 0 Å². The van der Waals surface area contributed by atoms with Gasteiger partial charge in [0.2, 0.25) is 10.0 Å². The van der Waals surface area contributed by atoms with Crippen LogP contribution in [0.1, 0.15) is 0 Å². The summed E-state index contributed by atoms with van der Waals surface area (Å²) in [5, 5.41) is 0. The van der Waals surface area contributed by atoms with Crippen LogP contribution < -0.4 is 5.73 Å². The second-order valence-electron chi connectivity index (χ2n) is 4.39. The van der Waals surface area contributed by atoms with Crippen molar-refractivity contribution in [2.75, 3.05) is 39.0 Å². The van der Waals surface area contributed by atoms with Crippen LogP contribution in [0.15, 0.2) is 23.1 Å². The molecule has 0 atom stereocenters. The molecule has 5 nitrogen and oxygen atoms in total. The summed E-state index contributed by atoms with van der Waals surface area (Å²) >= 11 is 0.